The van der Waals surface area contributed by atoms with Crippen LogP contribution in [0.3, 0.4) is 0 Å². The zero-order valence-corrected chi connectivity index (χ0v) is 78.7. The van der Waals surface area contributed by atoms with E-state index in [1.54, 1.807) is 4.57 Å². The molecule has 0 amide bonds. The molecule has 0 saturated carbocycles. The van der Waals surface area contributed by atoms with Gasteiger partial charge in [-0.15, -0.1) is 0 Å². The van der Waals surface area contributed by atoms with Crippen LogP contribution in [0.25, 0.3) is 83.1 Å². The van der Waals surface area contributed by atoms with E-state index in [9.17, 15) is 11.0 Å². The van der Waals surface area contributed by atoms with Gasteiger partial charge in [-0.05, 0) is 237 Å². The molecule has 0 atom stereocenters. The van der Waals surface area contributed by atoms with E-state index >= 15 is 0 Å². The fourth-order valence-electron chi connectivity index (χ4n) is 17.8. The van der Waals surface area contributed by atoms with Crippen molar-refractivity contribution in [2.45, 2.75) is 288 Å². The summed E-state index contributed by atoms with van der Waals surface area (Å²) in [6.45, 7) is 76.1. The van der Waals surface area contributed by atoms with Crippen molar-refractivity contribution in [3.8, 4) is 61.3 Å². The molecule has 13 aromatic rings. The van der Waals surface area contributed by atoms with Gasteiger partial charge in [-0.3, -0.25) is 0 Å². The lowest BCUT2D eigenvalue weighted by atomic mass is 9.33. The van der Waals surface area contributed by atoms with Crippen molar-refractivity contribution in [3.63, 3.8) is 0 Å². The zero-order chi connectivity index (χ0) is 94.1. The molecule has 12 aromatic carbocycles. The molecule has 0 fully saturated rings. The quantitative estimate of drug-likeness (QED) is 0.141. The predicted octanol–water partition coefficient (Wildman–Crippen LogP) is 31.5. The molecule has 0 spiro atoms. The number of hydrogen-bond acceptors (Lipinski definition) is 2. The van der Waals surface area contributed by atoms with E-state index in [0.717, 1.165) is 117 Å². The summed E-state index contributed by atoms with van der Waals surface area (Å²) in [4.78, 5) is 5.29. The van der Waals surface area contributed by atoms with E-state index in [1.807, 2.05) is 6.07 Å². The summed E-state index contributed by atoms with van der Waals surface area (Å²) in [6.07, 6.45) is 0. The Morgan fingerprint density at radius 3 is 0.958 bits per heavy atom. The summed E-state index contributed by atoms with van der Waals surface area (Å²) in [5.74, 6) is 0. The second kappa shape index (κ2) is 28.9. The molecule has 4 heteroatoms. The van der Waals surface area contributed by atoms with Gasteiger partial charge in [-0.2, -0.15) is 0 Å². The molecule has 0 radical (unpaired) electrons. The Kier molecular flexibility index (Phi) is 18.1. The lowest BCUT2D eigenvalue weighted by Gasteiger charge is -2.47. The first kappa shape index (κ1) is 75.1. The molecule has 0 saturated heterocycles. The third kappa shape index (κ3) is 15.7. The van der Waals surface area contributed by atoms with Crippen molar-refractivity contribution in [1.29, 1.82) is 0 Å². The largest absolute Gasteiger partial charge is 0.310 e. The third-order valence-electron chi connectivity index (χ3n) is 25.7. The molecule has 1 aromatic heterocycles. The molecule has 0 bridgehead atoms. The zero-order valence-electron chi connectivity index (χ0n) is 86.7. The summed E-state index contributed by atoms with van der Waals surface area (Å²) >= 11 is 0. The lowest BCUT2D eigenvalue weighted by molar-refractivity contribution is 0.568. The van der Waals surface area contributed by atoms with Crippen LogP contribution in [0.1, 0.15) is 301 Å². The summed E-state index contributed by atoms with van der Waals surface area (Å²) in [7, 11) is 0. The van der Waals surface area contributed by atoms with Crippen LogP contribution in [0.2, 0.25) is 0 Å². The van der Waals surface area contributed by atoms with Gasteiger partial charge in [0, 0.05) is 61.5 Å². The first-order valence-corrected chi connectivity index (χ1v) is 43.9. The minimum Gasteiger partial charge on any atom is -0.310 e. The molecular formula is C116H136BN3. The Morgan fingerprint density at radius 1 is 0.233 bits per heavy atom. The number of anilines is 6. The average molecular weight is 1590 g/mol. The highest BCUT2D eigenvalue weighted by Crippen LogP contribution is 2.58. The van der Waals surface area contributed by atoms with Gasteiger partial charge >= 0.3 is 0 Å². The highest BCUT2D eigenvalue weighted by Gasteiger charge is 2.48. The molecule has 15 rings (SSSR count). The van der Waals surface area contributed by atoms with E-state index < -0.39 is 47.1 Å². The second-order valence-electron chi connectivity index (χ2n) is 46.4. The van der Waals surface area contributed by atoms with Gasteiger partial charge in [0.25, 0.3) is 6.71 Å². The van der Waals surface area contributed by atoms with Crippen molar-refractivity contribution in [3.05, 3.63) is 285 Å². The maximum Gasteiger partial charge on any atom is 0.252 e. The number of rotatable bonds is 8. The normalized spacial score (nSPS) is 14.9. The Hall–Kier alpha value is -9.90. The lowest BCUT2D eigenvalue weighted by Crippen LogP contribution is -2.61. The maximum atomic E-state index is 10.1. The van der Waals surface area contributed by atoms with Crippen molar-refractivity contribution < 1.29 is 11.0 Å². The Labute approximate surface area is 734 Å². The smallest absolute Gasteiger partial charge is 0.252 e. The number of fused-ring (bicyclic) bond motifs is 7. The van der Waals surface area contributed by atoms with Crippen LogP contribution in [-0.4, -0.2) is 11.3 Å². The maximum absolute atomic E-state index is 10.1. The van der Waals surface area contributed by atoms with Gasteiger partial charge in [-0.1, -0.05) is 386 Å². The molecule has 0 unspecified atom stereocenters. The van der Waals surface area contributed by atoms with Gasteiger partial charge in [0.05, 0.1) is 33.4 Å². The van der Waals surface area contributed by atoms with Crippen molar-refractivity contribution in [2.24, 2.45) is 0 Å². The van der Waals surface area contributed by atoms with Crippen LogP contribution < -0.4 is 26.2 Å². The fraction of sp³-hybridized carbons (Fsp3) is 0.379. The van der Waals surface area contributed by atoms with E-state index in [4.69, 9.17) is 0 Å². The standard InChI is InChI=1S/C116H136BN3/c1-106(2,3)76-47-42-71(43-48-76)90-63-83(113(22,23)24)65-92(75-58-81(111(16,17)18)62-82(59-75)112(19,20)21)104(90)119-99-60-73(74-56-79(109(10,11)12)61-80(57-74)110(13,14)15)46-54-95(99)117-96-55-52-86(118-97-40-36-34-38-88(97)89-39-35-37-41-98(89)118)70-100(96)120(102-69-85(115(28,29)30)68-101(119)103(102)117)105-91(72-44-49-77(50-45-72)107(4,5)6)64-84(114(25,26)27)66-93(105)87-53-51-78(108(7,8)9)67-94(87)116(31,32)33/h34-70H,1-33H3/i34D,35D,36D,37D,38D,39D,40D,41D. The summed E-state index contributed by atoms with van der Waals surface area (Å²) < 4.78 is 79.1. The number of para-hydroxylation sites is 2. The molecule has 0 aliphatic carbocycles. The van der Waals surface area contributed by atoms with Crippen LogP contribution >= 0.6 is 0 Å². The summed E-state index contributed by atoms with van der Waals surface area (Å²) in [6, 6.07) is 65.9. The van der Waals surface area contributed by atoms with Crippen LogP contribution in [0.5, 0.6) is 0 Å². The van der Waals surface area contributed by atoms with E-state index in [2.05, 4.69) is 408 Å². The van der Waals surface area contributed by atoms with Gasteiger partial charge in [-0.25, -0.2) is 0 Å². The van der Waals surface area contributed by atoms with Crippen LogP contribution in [0, 0.1) is 0 Å². The van der Waals surface area contributed by atoms with E-state index in [1.165, 1.54) is 50.1 Å². The molecule has 3 heterocycles. The van der Waals surface area contributed by atoms with Crippen LogP contribution in [0.15, 0.2) is 224 Å². The van der Waals surface area contributed by atoms with Gasteiger partial charge < -0.3 is 14.4 Å². The van der Waals surface area contributed by atoms with Crippen LogP contribution in [0.4, 0.5) is 34.1 Å². The SMILES string of the molecule is [2H]c1c([2H])c([2H])c2c(c1[2H])c1c([2H])c([2H])c([2H])c([2H])c1n2-c1ccc2c(c1)N(c1c(-c3ccc(C(C)(C)C)cc3)cc(C(C)(C)C)cc1-c1ccc(C(C)(C)C)cc1C(C)(C)C)c1cc(C(C)(C)C)cc3c1B2c1ccc(-c2cc(C(C)(C)C)cc(C(C)(C)C)c2)cc1N3c1c(-c2ccc(C(C)(C)C)cc2)cc(C(C)(C)C)cc1-c1cc(C(C)(C)C)cc(C(C)(C)C)c1. The molecule has 0 N–H and O–H groups in total. The first-order valence-electron chi connectivity index (χ1n) is 47.9. The Bertz CT molecular complexity index is 6570. The van der Waals surface area contributed by atoms with Gasteiger partial charge in [0.15, 0.2) is 0 Å². The van der Waals surface area contributed by atoms with Gasteiger partial charge in [0.2, 0.25) is 0 Å². The number of nitrogens with zero attached hydrogens (tertiary/aromatic N) is 3. The molecule has 120 heavy (non-hydrogen) atoms. The highest BCUT2D eigenvalue weighted by atomic mass is 15.2. The number of hydrogen-bond donors (Lipinski definition) is 0. The number of aromatic nitrogens is 1. The molecule has 618 valence electrons. The summed E-state index contributed by atoms with van der Waals surface area (Å²) in [5, 5.41) is 0.0385. The van der Waals surface area contributed by atoms with Gasteiger partial charge in [0.1, 0.15) is 0 Å². The fourth-order valence-corrected chi connectivity index (χ4v) is 17.8. The Balaban J connectivity index is 1.24. The van der Waals surface area contributed by atoms with Crippen molar-refractivity contribution in [2.75, 3.05) is 9.80 Å². The highest BCUT2D eigenvalue weighted by molar-refractivity contribution is 7.00. The first-order chi connectivity index (χ1) is 58.8. The second-order valence-corrected chi connectivity index (χ2v) is 46.4. The minimum atomic E-state index is -0.533. The monoisotopic (exact) mass is 1590 g/mol. The Morgan fingerprint density at radius 2 is 0.558 bits per heavy atom. The molecular weight excluding hydrogens is 1450 g/mol. The minimum absolute atomic E-state index is 0.0192. The topological polar surface area (TPSA) is 11.4 Å². The average Bonchev–Trinajstić information content (AvgIpc) is 1.64. The molecule has 2 aliphatic heterocycles. The van der Waals surface area contributed by atoms with E-state index in [0.29, 0.717) is 5.69 Å². The number of benzene rings is 12. The predicted molar refractivity (Wildman–Crippen MR) is 528 cm³/mol. The summed E-state index contributed by atoms with van der Waals surface area (Å²) in [5.41, 5.74) is 30.3. The third-order valence-corrected chi connectivity index (χ3v) is 25.7. The molecule has 3 nitrogen and oxygen atoms in total. The van der Waals surface area contributed by atoms with Crippen molar-refractivity contribution in [1.82, 2.24) is 4.57 Å². The molecule has 2 aliphatic rings. The van der Waals surface area contributed by atoms with E-state index in [-0.39, 0.29) is 89.3 Å². The van der Waals surface area contributed by atoms with Crippen LogP contribution in [-0.2, 0) is 59.6 Å². The van der Waals surface area contributed by atoms with Crippen molar-refractivity contribution >= 4 is 79.0 Å².